The monoisotopic (exact) mass is 340 g/mol. The predicted octanol–water partition coefficient (Wildman–Crippen LogP) is 3.09. The molecule has 3 rings (SSSR count). The van der Waals surface area contributed by atoms with E-state index in [1.165, 1.54) is 44.6 Å². The molecular formula is C18H29ClN2O2. The van der Waals surface area contributed by atoms with Crippen molar-refractivity contribution >= 4 is 12.4 Å². The number of halogens is 1. The van der Waals surface area contributed by atoms with E-state index in [9.17, 15) is 0 Å². The Morgan fingerprint density at radius 2 is 1.91 bits per heavy atom. The van der Waals surface area contributed by atoms with Crippen LogP contribution < -0.4 is 14.8 Å². The van der Waals surface area contributed by atoms with Gasteiger partial charge in [0.25, 0.3) is 0 Å². The Bertz CT molecular complexity index is 504. The second kappa shape index (κ2) is 8.22. The van der Waals surface area contributed by atoms with Crippen molar-refractivity contribution in [2.75, 3.05) is 39.4 Å². The summed E-state index contributed by atoms with van der Waals surface area (Å²) in [4.78, 5) is 2.58. The zero-order valence-electron chi connectivity index (χ0n) is 14.3. The maximum Gasteiger partial charge on any atom is 0.161 e. The fraction of sp³-hybridized carbons (Fsp3) is 0.667. The quantitative estimate of drug-likeness (QED) is 0.862. The minimum Gasteiger partial charge on any atom is -0.490 e. The Hall–Kier alpha value is -0.970. The molecule has 0 radical (unpaired) electrons. The molecule has 1 aromatic rings. The van der Waals surface area contributed by atoms with E-state index in [1.807, 2.05) is 19.9 Å². The number of nitrogens with zero attached hydrogens (tertiary/aromatic N) is 1. The van der Waals surface area contributed by atoms with Crippen molar-refractivity contribution in [3.8, 4) is 11.5 Å². The molecule has 1 atom stereocenters. The molecule has 2 heterocycles. The van der Waals surface area contributed by atoms with Crippen molar-refractivity contribution in [3.63, 3.8) is 0 Å². The van der Waals surface area contributed by atoms with E-state index < -0.39 is 0 Å². The van der Waals surface area contributed by atoms with Crippen LogP contribution in [0.25, 0.3) is 0 Å². The minimum atomic E-state index is 0. The molecule has 0 bridgehead atoms. The van der Waals surface area contributed by atoms with Gasteiger partial charge in [0.15, 0.2) is 11.5 Å². The fourth-order valence-corrected chi connectivity index (χ4v) is 3.76. The molecule has 0 saturated carbocycles. The third-order valence-corrected chi connectivity index (χ3v) is 4.86. The van der Waals surface area contributed by atoms with Crippen molar-refractivity contribution in [1.82, 2.24) is 10.2 Å². The van der Waals surface area contributed by atoms with Crippen LogP contribution in [-0.4, -0.2) is 44.3 Å². The summed E-state index contributed by atoms with van der Waals surface area (Å²) in [5, 5.41) is 3.52. The van der Waals surface area contributed by atoms with Crippen LogP contribution in [0.2, 0.25) is 0 Å². The third-order valence-electron chi connectivity index (χ3n) is 4.86. The van der Waals surface area contributed by atoms with Crippen molar-refractivity contribution in [2.24, 2.45) is 5.41 Å². The molecule has 0 aliphatic carbocycles. The lowest BCUT2D eigenvalue weighted by Gasteiger charge is -2.23. The summed E-state index contributed by atoms with van der Waals surface area (Å²) < 4.78 is 11.4. The Balaban J connectivity index is 0.00000192. The number of likely N-dealkylation sites (tertiary alicyclic amines) is 1. The van der Waals surface area contributed by atoms with Gasteiger partial charge < -0.3 is 14.8 Å². The number of nitrogens with one attached hydrogen (secondary N) is 1. The standard InChI is InChI=1S/C18H28N2O2.ClH/c1-3-21-16-6-5-15(11-17(16)22-4-2)12-20-10-8-18(14-20)7-9-19-13-18;/h5-6,11,19H,3-4,7-10,12-14H2,1-2H3;1H. The summed E-state index contributed by atoms with van der Waals surface area (Å²) in [5.74, 6) is 1.73. The van der Waals surface area contributed by atoms with Gasteiger partial charge in [-0.25, -0.2) is 0 Å². The Morgan fingerprint density at radius 1 is 1.13 bits per heavy atom. The molecule has 1 unspecified atom stereocenters. The van der Waals surface area contributed by atoms with Gasteiger partial charge >= 0.3 is 0 Å². The number of ether oxygens (including phenoxy) is 2. The van der Waals surface area contributed by atoms with E-state index >= 15 is 0 Å². The first-order chi connectivity index (χ1) is 10.7. The predicted molar refractivity (Wildman–Crippen MR) is 95.8 cm³/mol. The van der Waals surface area contributed by atoms with Gasteiger partial charge in [-0.1, -0.05) is 6.07 Å². The lowest BCUT2D eigenvalue weighted by Crippen LogP contribution is -2.28. The molecule has 4 nitrogen and oxygen atoms in total. The van der Waals surface area contributed by atoms with Crippen LogP contribution in [0.5, 0.6) is 11.5 Å². The van der Waals surface area contributed by atoms with E-state index in [0.29, 0.717) is 18.6 Å². The SMILES string of the molecule is CCOc1ccc(CN2CCC3(CCNC3)C2)cc1OCC.Cl. The summed E-state index contributed by atoms with van der Waals surface area (Å²) in [5.41, 5.74) is 1.85. The van der Waals surface area contributed by atoms with E-state index in [0.717, 1.165) is 18.0 Å². The van der Waals surface area contributed by atoms with Crippen LogP contribution in [0.4, 0.5) is 0 Å². The Labute approximate surface area is 145 Å². The van der Waals surface area contributed by atoms with Gasteiger partial charge in [0.2, 0.25) is 0 Å². The van der Waals surface area contributed by atoms with Gasteiger partial charge in [-0.15, -0.1) is 12.4 Å². The molecule has 130 valence electrons. The van der Waals surface area contributed by atoms with Gasteiger partial charge in [-0.2, -0.15) is 0 Å². The molecule has 2 aliphatic rings. The smallest absolute Gasteiger partial charge is 0.161 e. The topological polar surface area (TPSA) is 33.7 Å². The molecule has 5 heteroatoms. The first-order valence-electron chi connectivity index (χ1n) is 8.56. The van der Waals surface area contributed by atoms with Crippen LogP contribution in [0, 0.1) is 5.41 Å². The number of hydrogen-bond acceptors (Lipinski definition) is 4. The fourth-order valence-electron chi connectivity index (χ4n) is 3.76. The number of benzene rings is 1. The van der Waals surface area contributed by atoms with Gasteiger partial charge in [-0.05, 0) is 62.9 Å². The third kappa shape index (κ3) is 4.31. The molecule has 1 aromatic carbocycles. The lowest BCUT2D eigenvalue weighted by atomic mass is 9.86. The first-order valence-corrected chi connectivity index (χ1v) is 8.56. The molecule has 1 spiro atoms. The van der Waals surface area contributed by atoms with Crippen LogP contribution >= 0.6 is 12.4 Å². The van der Waals surface area contributed by atoms with E-state index in [-0.39, 0.29) is 12.4 Å². The van der Waals surface area contributed by atoms with Crippen molar-refractivity contribution in [3.05, 3.63) is 23.8 Å². The maximum absolute atomic E-state index is 5.73. The molecule has 0 aromatic heterocycles. The maximum atomic E-state index is 5.73. The number of rotatable bonds is 6. The highest BCUT2D eigenvalue weighted by Crippen LogP contribution is 2.37. The molecule has 2 fully saturated rings. The first kappa shape index (κ1) is 18.4. The second-order valence-electron chi connectivity index (χ2n) is 6.53. The molecule has 2 aliphatic heterocycles. The zero-order chi connectivity index (χ0) is 15.4. The summed E-state index contributed by atoms with van der Waals surface area (Å²) in [7, 11) is 0. The largest absolute Gasteiger partial charge is 0.490 e. The Morgan fingerprint density at radius 3 is 2.61 bits per heavy atom. The zero-order valence-corrected chi connectivity index (χ0v) is 15.1. The molecule has 23 heavy (non-hydrogen) atoms. The van der Waals surface area contributed by atoms with Gasteiger partial charge in [0.05, 0.1) is 13.2 Å². The molecule has 1 N–H and O–H groups in total. The van der Waals surface area contributed by atoms with Crippen LogP contribution in [0.3, 0.4) is 0 Å². The van der Waals surface area contributed by atoms with Crippen LogP contribution in [0.15, 0.2) is 18.2 Å². The molecule has 0 amide bonds. The highest BCUT2D eigenvalue weighted by molar-refractivity contribution is 5.85. The summed E-state index contributed by atoms with van der Waals surface area (Å²) in [6.07, 6.45) is 2.66. The van der Waals surface area contributed by atoms with Crippen molar-refractivity contribution in [1.29, 1.82) is 0 Å². The van der Waals surface area contributed by atoms with Gasteiger partial charge in [0.1, 0.15) is 0 Å². The average molecular weight is 341 g/mol. The Kier molecular flexibility index (Phi) is 6.57. The highest BCUT2D eigenvalue weighted by Gasteiger charge is 2.40. The van der Waals surface area contributed by atoms with Crippen molar-refractivity contribution < 1.29 is 9.47 Å². The normalized spacial score (nSPS) is 23.9. The van der Waals surface area contributed by atoms with Gasteiger partial charge in [-0.3, -0.25) is 4.90 Å². The summed E-state index contributed by atoms with van der Waals surface area (Å²) in [6.45, 7) is 11.2. The number of hydrogen-bond donors (Lipinski definition) is 1. The summed E-state index contributed by atoms with van der Waals surface area (Å²) in [6, 6.07) is 6.37. The minimum absolute atomic E-state index is 0. The molecular weight excluding hydrogens is 312 g/mol. The van der Waals surface area contributed by atoms with E-state index in [4.69, 9.17) is 9.47 Å². The highest BCUT2D eigenvalue weighted by atomic mass is 35.5. The van der Waals surface area contributed by atoms with Gasteiger partial charge in [0, 0.05) is 19.6 Å². The van der Waals surface area contributed by atoms with Crippen LogP contribution in [0.1, 0.15) is 32.3 Å². The molecule has 2 saturated heterocycles. The average Bonchev–Trinajstić information content (AvgIpc) is 3.13. The van der Waals surface area contributed by atoms with E-state index in [1.54, 1.807) is 0 Å². The van der Waals surface area contributed by atoms with Crippen molar-refractivity contribution in [2.45, 2.75) is 33.2 Å². The lowest BCUT2D eigenvalue weighted by molar-refractivity contribution is 0.266. The van der Waals surface area contributed by atoms with E-state index in [2.05, 4.69) is 22.3 Å². The van der Waals surface area contributed by atoms with Crippen LogP contribution in [-0.2, 0) is 6.54 Å². The second-order valence-corrected chi connectivity index (χ2v) is 6.53. The summed E-state index contributed by atoms with van der Waals surface area (Å²) >= 11 is 0.